The van der Waals surface area contributed by atoms with Gasteiger partial charge in [0.1, 0.15) is 4.91 Å². The molecule has 1 N–H and O–H groups in total. The lowest BCUT2D eigenvalue weighted by atomic mass is 9.95. The van der Waals surface area contributed by atoms with Crippen LogP contribution in [0.15, 0.2) is 45.7 Å². The Kier molecular flexibility index (Phi) is 13.3. The highest BCUT2D eigenvalue weighted by Gasteiger charge is 2.57. The largest absolute Gasteiger partial charge is 0.502 e. The summed E-state index contributed by atoms with van der Waals surface area (Å²) in [4.78, 5) is -4.38. The molecule has 0 atom stereocenters. The lowest BCUT2D eigenvalue weighted by Gasteiger charge is -2.39. The molecule has 1 aromatic rings. The van der Waals surface area contributed by atoms with E-state index >= 15 is 0 Å². The molecule has 1 aromatic carbocycles. The quantitative estimate of drug-likeness (QED) is 0.121. The number of fused-ring (bicyclic) bond motifs is 3. The van der Waals surface area contributed by atoms with Crippen LogP contribution in [0.5, 0.6) is 0 Å². The summed E-state index contributed by atoms with van der Waals surface area (Å²) >= 11 is 0. The zero-order valence-corrected chi connectivity index (χ0v) is 27.7. The molecule has 0 saturated heterocycles. The lowest BCUT2D eigenvalue weighted by Crippen LogP contribution is -2.50. The van der Waals surface area contributed by atoms with Crippen molar-refractivity contribution in [3.63, 3.8) is 0 Å². The van der Waals surface area contributed by atoms with Gasteiger partial charge in [-0.15, -0.1) is 0 Å². The van der Waals surface area contributed by atoms with Gasteiger partial charge in [0.05, 0.1) is 36.8 Å². The van der Waals surface area contributed by atoms with E-state index in [2.05, 4.69) is 27.7 Å². The van der Waals surface area contributed by atoms with Gasteiger partial charge in [0, 0.05) is 5.57 Å². The van der Waals surface area contributed by atoms with Crippen molar-refractivity contribution in [2.24, 2.45) is 0 Å². The first kappa shape index (κ1) is 38.7. The number of unbranched alkanes of at least 4 members (excludes halogenated alkanes) is 4. The van der Waals surface area contributed by atoms with E-state index in [1.807, 2.05) is 0 Å². The number of rotatable bonds is 14. The monoisotopic (exact) mass is 685 g/mol. The maximum atomic E-state index is 13.0. The van der Waals surface area contributed by atoms with Crippen molar-refractivity contribution < 1.29 is 47.7 Å². The molecule has 0 aliphatic heterocycles. The summed E-state index contributed by atoms with van der Waals surface area (Å²) in [5, 5.41) is 7.82. The van der Waals surface area contributed by atoms with Gasteiger partial charge in [-0.2, -0.15) is 26.3 Å². The Morgan fingerprint density at radius 3 is 1.69 bits per heavy atom. The van der Waals surface area contributed by atoms with Crippen LogP contribution in [0.3, 0.4) is 0 Å². The maximum absolute atomic E-state index is 13.0. The van der Waals surface area contributed by atoms with Crippen LogP contribution >= 0.6 is 0 Å². The number of sulfone groups is 2. The summed E-state index contributed by atoms with van der Waals surface area (Å²) in [7, 11) is -13.1. The Hall–Kier alpha value is -2.45. The van der Waals surface area contributed by atoms with Gasteiger partial charge >= 0.3 is 11.0 Å². The zero-order chi connectivity index (χ0) is 34.3. The molecule has 0 radical (unpaired) electrons. The van der Waals surface area contributed by atoms with Crippen LogP contribution < -0.4 is 0 Å². The fraction of sp³-hybridized carbons (Fsp3) is 0.581. The van der Waals surface area contributed by atoms with E-state index in [-0.39, 0.29) is 22.8 Å². The van der Waals surface area contributed by atoms with E-state index in [1.54, 1.807) is 0 Å². The molecule has 0 unspecified atom stereocenters. The molecule has 0 heterocycles. The molecule has 0 aromatic heterocycles. The highest BCUT2D eigenvalue weighted by molar-refractivity contribution is 8.00. The molecule has 0 amide bonds. The Bertz CT molecular complexity index is 1520. The number of hydrogen-bond acceptors (Lipinski definition) is 5. The van der Waals surface area contributed by atoms with Crippen LogP contribution in [0, 0.1) is 5.41 Å². The predicted octanol–water partition coefficient (Wildman–Crippen LogP) is 8.58. The van der Waals surface area contributed by atoms with Gasteiger partial charge in [0.15, 0.2) is 0 Å². The summed E-state index contributed by atoms with van der Waals surface area (Å²) in [5.74, 6) is 0. The van der Waals surface area contributed by atoms with Crippen molar-refractivity contribution in [3.8, 4) is 0 Å². The molecular formula is C31H43F6N2O4S2+. The van der Waals surface area contributed by atoms with Gasteiger partial charge in [-0.05, 0) is 61.0 Å². The molecule has 0 fully saturated rings. The number of allylic oxidation sites excluding steroid dienone is 4. The van der Waals surface area contributed by atoms with Crippen molar-refractivity contribution in [1.29, 1.82) is 5.41 Å². The van der Waals surface area contributed by atoms with Crippen LogP contribution in [0.4, 0.5) is 26.3 Å². The van der Waals surface area contributed by atoms with Crippen molar-refractivity contribution >= 4 is 37.0 Å². The minimum Gasteiger partial charge on any atom is -0.324 e. The number of hydrogen-bond donors (Lipinski definition) is 1. The minimum atomic E-state index is -6.58. The molecule has 3 rings (SSSR count). The molecule has 0 spiro atoms. The average molecular weight is 686 g/mol. The van der Waals surface area contributed by atoms with E-state index < -0.39 is 51.8 Å². The smallest absolute Gasteiger partial charge is 0.324 e. The van der Waals surface area contributed by atoms with Crippen molar-refractivity contribution in [3.05, 3.63) is 56.9 Å². The molecule has 0 bridgehead atoms. The van der Waals surface area contributed by atoms with Crippen molar-refractivity contribution in [2.45, 2.75) is 90.1 Å². The topological polar surface area (TPSA) is 92.1 Å². The van der Waals surface area contributed by atoms with Crippen LogP contribution in [-0.2, 0) is 19.7 Å². The second kappa shape index (κ2) is 15.4. The minimum absolute atomic E-state index is 0.153. The van der Waals surface area contributed by atoms with E-state index in [9.17, 15) is 43.2 Å². The first-order chi connectivity index (χ1) is 20.8. The van der Waals surface area contributed by atoms with Gasteiger partial charge in [0.25, 0.3) is 19.7 Å². The van der Waals surface area contributed by atoms with Gasteiger partial charge in [-0.3, -0.25) is 5.41 Å². The molecule has 254 valence electrons. The molecule has 0 saturated carbocycles. The number of halogens is 6. The standard InChI is InChI=1S/C16H36N.C15H7F6NO4S2/c1-5-9-11-12-16-17(13-7-3,14-8-4)15-10-6-2;16-14(17,18)27(23,24)11-6-9-8-4-2-1-3-7(8)5-10(9)12(22)13(11)28(25,26)15(19,20)21/h5-16H2,1-4H3;1-6,22H/q+1;. The third-order valence-electron chi connectivity index (χ3n) is 7.87. The van der Waals surface area contributed by atoms with Crippen LogP contribution in [-0.4, -0.2) is 64.2 Å². The summed E-state index contributed by atoms with van der Waals surface area (Å²) in [6.07, 6.45) is 12.4. The molecule has 45 heavy (non-hydrogen) atoms. The normalized spacial score (nSPS) is 15.6. The molecule has 2 aliphatic rings. The Labute approximate surface area is 262 Å². The summed E-state index contributed by atoms with van der Waals surface area (Å²) in [5.41, 5.74) is -13.9. The SMILES string of the molecule is CCCCCC[N+](CCC)(CCC)CCCC.N=C1C2=Cc3ccccc3C2=CC(S(=O)(=O)C(F)(F)F)=C1S(=O)(=O)C(F)(F)F. The first-order valence-electron chi connectivity index (χ1n) is 15.2. The van der Waals surface area contributed by atoms with Gasteiger partial charge < -0.3 is 4.48 Å². The third kappa shape index (κ3) is 8.68. The summed E-state index contributed by atoms with van der Waals surface area (Å²) in [6.45, 7) is 15.0. The third-order valence-corrected chi connectivity index (χ3v) is 11.1. The van der Waals surface area contributed by atoms with Crippen molar-refractivity contribution in [1.82, 2.24) is 0 Å². The lowest BCUT2D eigenvalue weighted by molar-refractivity contribution is -0.928. The predicted molar refractivity (Wildman–Crippen MR) is 166 cm³/mol. The second-order valence-electron chi connectivity index (χ2n) is 11.3. The highest BCUT2D eigenvalue weighted by Crippen LogP contribution is 2.47. The first-order valence-corrected chi connectivity index (χ1v) is 18.2. The number of nitrogens with zero attached hydrogens (tertiary/aromatic N) is 1. The summed E-state index contributed by atoms with van der Waals surface area (Å²) < 4.78 is 127. The number of nitrogens with one attached hydrogen (secondary N) is 1. The second-order valence-corrected chi connectivity index (χ2v) is 15.1. The van der Waals surface area contributed by atoms with E-state index in [0.717, 1.165) is 6.08 Å². The molecule has 6 nitrogen and oxygen atoms in total. The van der Waals surface area contributed by atoms with Gasteiger partial charge in [-0.1, -0.05) is 71.2 Å². The van der Waals surface area contributed by atoms with E-state index in [0.29, 0.717) is 0 Å². The van der Waals surface area contributed by atoms with Gasteiger partial charge in [-0.25, -0.2) is 16.8 Å². The fourth-order valence-electron chi connectivity index (χ4n) is 5.74. The van der Waals surface area contributed by atoms with Crippen LogP contribution in [0.25, 0.3) is 11.6 Å². The summed E-state index contributed by atoms with van der Waals surface area (Å²) in [6, 6.07) is 5.69. The highest BCUT2D eigenvalue weighted by atomic mass is 32.2. The molecule has 14 heteroatoms. The molecular weight excluding hydrogens is 642 g/mol. The Balaban J connectivity index is 0.000000358. The number of quaternary nitrogens is 1. The Morgan fingerprint density at radius 1 is 0.644 bits per heavy atom. The van der Waals surface area contributed by atoms with Crippen LogP contribution in [0.2, 0.25) is 0 Å². The van der Waals surface area contributed by atoms with Gasteiger partial charge in [0.2, 0.25) is 0 Å². The number of benzene rings is 1. The zero-order valence-electron chi connectivity index (χ0n) is 26.1. The Morgan fingerprint density at radius 2 is 1.18 bits per heavy atom. The van der Waals surface area contributed by atoms with E-state index in [4.69, 9.17) is 5.41 Å². The number of alkyl halides is 6. The van der Waals surface area contributed by atoms with E-state index in [1.165, 1.54) is 106 Å². The fourth-order valence-corrected chi connectivity index (χ4v) is 8.21. The van der Waals surface area contributed by atoms with Crippen molar-refractivity contribution in [2.75, 3.05) is 26.2 Å². The molecule has 2 aliphatic carbocycles. The average Bonchev–Trinajstić information content (AvgIpc) is 3.33. The maximum Gasteiger partial charge on any atom is 0.502 e. The van der Waals surface area contributed by atoms with Crippen LogP contribution in [0.1, 0.15) is 90.2 Å².